The van der Waals surface area contributed by atoms with Gasteiger partial charge in [0.2, 0.25) is 0 Å². The van der Waals surface area contributed by atoms with E-state index in [0.29, 0.717) is 17.2 Å². The molecule has 1 unspecified atom stereocenters. The molecule has 0 spiro atoms. The summed E-state index contributed by atoms with van der Waals surface area (Å²) in [6.45, 7) is 0. The van der Waals surface area contributed by atoms with Crippen molar-refractivity contribution in [1.29, 1.82) is 0 Å². The third-order valence-corrected chi connectivity index (χ3v) is 3.19. The van der Waals surface area contributed by atoms with E-state index in [1.807, 2.05) is 6.21 Å². The summed E-state index contributed by atoms with van der Waals surface area (Å²) in [6.07, 6.45) is 10.0. The third-order valence-electron chi connectivity index (χ3n) is 2.59. The fourth-order valence-corrected chi connectivity index (χ4v) is 2.43. The van der Waals surface area contributed by atoms with Crippen molar-refractivity contribution < 1.29 is 0 Å². The van der Waals surface area contributed by atoms with Gasteiger partial charge in [-0.25, -0.2) is 0 Å². The second-order valence-corrected chi connectivity index (χ2v) is 3.99. The van der Waals surface area contributed by atoms with E-state index in [1.165, 1.54) is 19.3 Å². The average molecular weight is 167 g/mol. The molecule has 11 heavy (non-hydrogen) atoms. The zero-order chi connectivity index (χ0) is 7.68. The Bertz CT molecular complexity index is 198. The lowest BCUT2D eigenvalue weighted by molar-refractivity contribution is 0.374. The number of hydrogen-bond acceptors (Lipinski definition) is 2. The molecule has 2 aliphatic rings. The normalized spacial score (nSPS) is 42.1. The molecule has 2 rings (SSSR count). The van der Waals surface area contributed by atoms with Crippen molar-refractivity contribution in [3.05, 3.63) is 12.2 Å². The molecule has 0 bridgehead atoms. The monoisotopic (exact) mass is 167 g/mol. The van der Waals surface area contributed by atoms with Crippen LogP contribution in [0.2, 0.25) is 0 Å². The molecular weight excluding hydrogens is 154 g/mol. The maximum Gasteiger partial charge on any atom is 0.0572 e. The molecule has 1 saturated carbocycles. The van der Waals surface area contributed by atoms with E-state index >= 15 is 0 Å². The van der Waals surface area contributed by atoms with Crippen molar-refractivity contribution in [2.75, 3.05) is 0 Å². The molecule has 1 aliphatic carbocycles. The topological polar surface area (TPSA) is 12.4 Å². The molecule has 1 heterocycles. The van der Waals surface area contributed by atoms with Crippen molar-refractivity contribution in [2.24, 2.45) is 10.9 Å². The molecule has 2 heteroatoms. The Morgan fingerprint density at radius 3 is 3.09 bits per heavy atom. The van der Waals surface area contributed by atoms with E-state index in [1.54, 1.807) is 0 Å². The van der Waals surface area contributed by atoms with E-state index < -0.39 is 0 Å². The maximum atomic E-state index is 4.56. The van der Waals surface area contributed by atoms with E-state index in [4.69, 9.17) is 0 Å². The van der Waals surface area contributed by atoms with Gasteiger partial charge in [0.25, 0.3) is 0 Å². The van der Waals surface area contributed by atoms with Gasteiger partial charge < -0.3 is 0 Å². The van der Waals surface area contributed by atoms with Gasteiger partial charge in [0, 0.05) is 17.4 Å². The lowest BCUT2D eigenvalue weighted by Crippen LogP contribution is -2.31. The number of aliphatic imine (C=N–C) groups is 1. The minimum atomic E-state index is 0.538. The van der Waals surface area contributed by atoms with Gasteiger partial charge in [-0.3, -0.25) is 4.99 Å². The van der Waals surface area contributed by atoms with Gasteiger partial charge in [0.05, 0.1) is 6.04 Å². The minimum absolute atomic E-state index is 0.538. The average Bonchev–Trinajstić information content (AvgIpc) is 2.06. The largest absolute Gasteiger partial charge is 0.289 e. The van der Waals surface area contributed by atoms with Crippen LogP contribution in [0.1, 0.15) is 19.3 Å². The molecule has 0 saturated heterocycles. The van der Waals surface area contributed by atoms with Crippen LogP contribution in [0.3, 0.4) is 0 Å². The number of allylic oxidation sites excluding steroid dienone is 1. The molecule has 0 radical (unpaired) electrons. The van der Waals surface area contributed by atoms with E-state index in [9.17, 15) is 0 Å². The van der Waals surface area contributed by atoms with Crippen LogP contribution in [0.4, 0.5) is 0 Å². The second-order valence-electron chi connectivity index (χ2n) is 3.33. The first-order chi connectivity index (χ1) is 5.38. The lowest BCUT2D eigenvalue weighted by Gasteiger charge is -2.32. The van der Waals surface area contributed by atoms with E-state index in [2.05, 4.69) is 29.8 Å². The summed E-state index contributed by atoms with van der Waals surface area (Å²) in [6, 6.07) is 0.538. The van der Waals surface area contributed by atoms with Crippen LogP contribution in [-0.2, 0) is 0 Å². The standard InChI is InChI=1S/C9H13NS/c11-9-5-1-4-8-7(9)3-2-6-10-8/h2-3,6-9,11H,1,4-5H2/t7?,8-,9+/m1/s1. The second kappa shape index (κ2) is 3.02. The highest BCUT2D eigenvalue weighted by atomic mass is 32.1. The molecule has 1 fully saturated rings. The van der Waals surface area contributed by atoms with Gasteiger partial charge in [0.15, 0.2) is 0 Å². The highest BCUT2D eigenvalue weighted by molar-refractivity contribution is 7.81. The maximum absolute atomic E-state index is 4.56. The minimum Gasteiger partial charge on any atom is -0.289 e. The van der Waals surface area contributed by atoms with Crippen LogP contribution in [0.25, 0.3) is 0 Å². The van der Waals surface area contributed by atoms with E-state index in [0.717, 1.165) is 0 Å². The van der Waals surface area contributed by atoms with Crippen LogP contribution in [-0.4, -0.2) is 17.5 Å². The van der Waals surface area contributed by atoms with Crippen molar-refractivity contribution in [2.45, 2.75) is 30.6 Å². The first kappa shape index (κ1) is 7.41. The summed E-state index contributed by atoms with van der Waals surface area (Å²) < 4.78 is 0. The summed E-state index contributed by atoms with van der Waals surface area (Å²) in [5.74, 6) is 0.608. The van der Waals surface area contributed by atoms with Crippen LogP contribution in [0.5, 0.6) is 0 Å². The fraction of sp³-hybridized carbons (Fsp3) is 0.667. The Hall–Kier alpha value is -0.240. The zero-order valence-corrected chi connectivity index (χ0v) is 7.37. The Balaban J connectivity index is 2.14. The number of nitrogens with zero attached hydrogens (tertiary/aromatic N) is 1. The molecule has 1 nitrogen and oxygen atoms in total. The Morgan fingerprint density at radius 2 is 2.27 bits per heavy atom. The zero-order valence-electron chi connectivity index (χ0n) is 6.48. The van der Waals surface area contributed by atoms with Gasteiger partial charge in [-0.05, 0) is 18.9 Å². The number of rotatable bonds is 0. The summed E-state index contributed by atoms with van der Waals surface area (Å²) in [7, 11) is 0. The van der Waals surface area contributed by atoms with Gasteiger partial charge in [0.1, 0.15) is 0 Å². The van der Waals surface area contributed by atoms with Gasteiger partial charge >= 0.3 is 0 Å². The van der Waals surface area contributed by atoms with E-state index in [-0.39, 0.29) is 0 Å². The number of thiol groups is 1. The predicted octanol–water partition coefficient (Wildman–Crippen LogP) is 2.09. The first-order valence-corrected chi connectivity index (χ1v) is 4.77. The molecule has 0 N–H and O–H groups in total. The van der Waals surface area contributed by atoms with Gasteiger partial charge in [-0.1, -0.05) is 12.5 Å². The first-order valence-electron chi connectivity index (χ1n) is 4.26. The molecule has 0 aromatic carbocycles. The molecule has 60 valence electrons. The fourth-order valence-electron chi connectivity index (χ4n) is 1.95. The number of dihydropyridines is 1. The van der Waals surface area contributed by atoms with Crippen LogP contribution in [0.15, 0.2) is 17.1 Å². The Morgan fingerprint density at radius 1 is 1.36 bits per heavy atom. The summed E-state index contributed by atoms with van der Waals surface area (Å²) >= 11 is 4.56. The summed E-state index contributed by atoms with van der Waals surface area (Å²) in [5, 5.41) is 0.544. The van der Waals surface area contributed by atoms with Crippen molar-refractivity contribution in [3.63, 3.8) is 0 Å². The smallest absolute Gasteiger partial charge is 0.0572 e. The number of fused-ring (bicyclic) bond motifs is 1. The third kappa shape index (κ3) is 1.36. The summed E-state index contributed by atoms with van der Waals surface area (Å²) in [5.41, 5.74) is 0. The number of hydrogen-bond donors (Lipinski definition) is 1. The highest BCUT2D eigenvalue weighted by Crippen LogP contribution is 2.32. The molecule has 0 aromatic heterocycles. The van der Waals surface area contributed by atoms with Crippen molar-refractivity contribution in [1.82, 2.24) is 0 Å². The quantitative estimate of drug-likeness (QED) is 0.530. The van der Waals surface area contributed by atoms with Crippen molar-refractivity contribution in [3.8, 4) is 0 Å². The molecule has 3 atom stereocenters. The molecule has 1 aliphatic heterocycles. The van der Waals surface area contributed by atoms with Gasteiger partial charge in [-0.15, -0.1) is 0 Å². The van der Waals surface area contributed by atoms with Crippen molar-refractivity contribution >= 4 is 18.8 Å². The SMILES string of the molecule is S[C@H]1CCC[C@H]2N=CC=CC12. The molecule has 0 amide bonds. The lowest BCUT2D eigenvalue weighted by atomic mass is 9.83. The van der Waals surface area contributed by atoms with Crippen LogP contribution < -0.4 is 0 Å². The summed E-state index contributed by atoms with van der Waals surface area (Å²) in [4.78, 5) is 4.44. The van der Waals surface area contributed by atoms with Crippen LogP contribution in [0, 0.1) is 5.92 Å². The molecular formula is C9H13NS. The highest BCUT2D eigenvalue weighted by Gasteiger charge is 2.29. The Labute approximate surface area is 73.0 Å². The van der Waals surface area contributed by atoms with Gasteiger partial charge in [-0.2, -0.15) is 12.6 Å². The Kier molecular flexibility index (Phi) is 2.03. The molecule has 0 aromatic rings. The van der Waals surface area contributed by atoms with Crippen LogP contribution >= 0.6 is 12.6 Å². The predicted molar refractivity (Wildman–Crippen MR) is 51.5 cm³/mol.